The predicted octanol–water partition coefficient (Wildman–Crippen LogP) is 4.44. The SMILES string of the molecule is COc1ccc(-c2cc(C(=O)N/N=C/c3ccccc3OCc3ccccc3)[nH]n2)cc1OC. The average Bonchev–Trinajstić information content (AvgIpc) is 3.39. The van der Waals surface area contributed by atoms with E-state index in [9.17, 15) is 4.79 Å². The van der Waals surface area contributed by atoms with E-state index in [0.29, 0.717) is 29.5 Å². The molecule has 8 heteroatoms. The van der Waals surface area contributed by atoms with E-state index < -0.39 is 5.91 Å². The van der Waals surface area contributed by atoms with Crippen LogP contribution in [-0.2, 0) is 6.61 Å². The number of nitrogens with zero attached hydrogens (tertiary/aromatic N) is 2. The summed E-state index contributed by atoms with van der Waals surface area (Å²) in [5.74, 6) is 1.44. The summed E-state index contributed by atoms with van der Waals surface area (Å²) in [5, 5.41) is 11.0. The van der Waals surface area contributed by atoms with E-state index in [1.807, 2.05) is 60.7 Å². The number of amides is 1. The number of hydrogen-bond donors (Lipinski definition) is 2. The number of para-hydroxylation sites is 1. The van der Waals surface area contributed by atoms with Crippen molar-refractivity contribution >= 4 is 12.1 Å². The number of ether oxygens (including phenoxy) is 3. The molecule has 0 aliphatic heterocycles. The molecule has 3 aromatic carbocycles. The largest absolute Gasteiger partial charge is 0.493 e. The molecule has 34 heavy (non-hydrogen) atoms. The molecule has 0 spiro atoms. The number of nitrogens with one attached hydrogen (secondary N) is 2. The van der Waals surface area contributed by atoms with Crippen LogP contribution < -0.4 is 19.6 Å². The van der Waals surface area contributed by atoms with Gasteiger partial charge in [0.15, 0.2) is 11.5 Å². The summed E-state index contributed by atoms with van der Waals surface area (Å²) in [6, 6.07) is 24.4. The van der Waals surface area contributed by atoms with Crippen LogP contribution in [0.25, 0.3) is 11.3 Å². The normalized spacial score (nSPS) is 10.8. The number of rotatable bonds is 9. The topological polar surface area (TPSA) is 97.8 Å². The summed E-state index contributed by atoms with van der Waals surface area (Å²) < 4.78 is 16.5. The molecular weight excluding hydrogens is 432 g/mol. The highest BCUT2D eigenvalue weighted by Gasteiger charge is 2.13. The first-order valence-electron chi connectivity index (χ1n) is 10.5. The monoisotopic (exact) mass is 456 g/mol. The lowest BCUT2D eigenvalue weighted by Crippen LogP contribution is -2.18. The molecule has 0 atom stereocenters. The minimum atomic E-state index is -0.418. The third-order valence-corrected chi connectivity index (χ3v) is 5.03. The average molecular weight is 457 g/mol. The van der Waals surface area contributed by atoms with Gasteiger partial charge < -0.3 is 14.2 Å². The van der Waals surface area contributed by atoms with Crippen molar-refractivity contribution in [1.82, 2.24) is 15.6 Å². The Labute approximate surface area is 197 Å². The van der Waals surface area contributed by atoms with Gasteiger partial charge >= 0.3 is 0 Å². The van der Waals surface area contributed by atoms with Crippen molar-refractivity contribution in [2.75, 3.05) is 14.2 Å². The van der Waals surface area contributed by atoms with Crippen molar-refractivity contribution in [3.63, 3.8) is 0 Å². The summed E-state index contributed by atoms with van der Waals surface area (Å²) >= 11 is 0. The number of H-pyrrole nitrogens is 1. The lowest BCUT2D eigenvalue weighted by molar-refractivity contribution is 0.0950. The number of aromatic amines is 1. The molecule has 0 fully saturated rings. The van der Waals surface area contributed by atoms with E-state index >= 15 is 0 Å². The Balaban J connectivity index is 1.40. The first-order chi connectivity index (χ1) is 16.7. The number of benzene rings is 3. The van der Waals surface area contributed by atoms with Crippen LogP contribution >= 0.6 is 0 Å². The van der Waals surface area contributed by atoms with E-state index in [0.717, 1.165) is 16.7 Å². The summed E-state index contributed by atoms with van der Waals surface area (Å²) in [4.78, 5) is 12.5. The highest BCUT2D eigenvalue weighted by atomic mass is 16.5. The second-order valence-electron chi connectivity index (χ2n) is 7.25. The van der Waals surface area contributed by atoms with Crippen LogP contribution in [0.2, 0.25) is 0 Å². The molecule has 0 saturated carbocycles. The highest BCUT2D eigenvalue weighted by Crippen LogP contribution is 2.31. The van der Waals surface area contributed by atoms with Crippen molar-refractivity contribution < 1.29 is 19.0 Å². The smallest absolute Gasteiger partial charge is 0.289 e. The predicted molar refractivity (Wildman–Crippen MR) is 129 cm³/mol. The maximum absolute atomic E-state index is 12.5. The minimum Gasteiger partial charge on any atom is -0.493 e. The van der Waals surface area contributed by atoms with Gasteiger partial charge in [0.2, 0.25) is 0 Å². The van der Waals surface area contributed by atoms with Crippen LogP contribution in [0.1, 0.15) is 21.6 Å². The Bertz CT molecular complexity index is 1280. The quantitative estimate of drug-likeness (QED) is 0.287. The van der Waals surface area contributed by atoms with Gasteiger partial charge in [0.1, 0.15) is 18.1 Å². The van der Waals surface area contributed by atoms with Crippen molar-refractivity contribution in [1.29, 1.82) is 0 Å². The Hall–Kier alpha value is -4.59. The van der Waals surface area contributed by atoms with Crippen molar-refractivity contribution in [2.24, 2.45) is 5.10 Å². The van der Waals surface area contributed by atoms with Gasteiger partial charge in [-0.2, -0.15) is 10.2 Å². The molecule has 4 rings (SSSR count). The molecule has 2 N–H and O–H groups in total. The van der Waals surface area contributed by atoms with Crippen molar-refractivity contribution in [3.05, 3.63) is 95.7 Å². The van der Waals surface area contributed by atoms with E-state index in [1.165, 1.54) is 0 Å². The highest BCUT2D eigenvalue weighted by molar-refractivity contribution is 5.94. The Morgan fingerprint density at radius 1 is 0.941 bits per heavy atom. The molecule has 1 heterocycles. The van der Waals surface area contributed by atoms with Crippen molar-refractivity contribution in [2.45, 2.75) is 6.61 Å². The Kier molecular flexibility index (Phi) is 7.19. The number of methoxy groups -OCH3 is 2. The molecule has 0 unspecified atom stereocenters. The van der Waals surface area contributed by atoms with Crippen LogP contribution in [0.3, 0.4) is 0 Å². The molecule has 172 valence electrons. The molecule has 4 aromatic rings. The lowest BCUT2D eigenvalue weighted by Gasteiger charge is -2.08. The number of hydrogen-bond acceptors (Lipinski definition) is 6. The summed E-state index contributed by atoms with van der Waals surface area (Å²) in [6.07, 6.45) is 1.55. The standard InChI is InChI=1S/C26H24N4O4/c1-32-24-13-12-19(14-25(24)33-2)21-15-22(29-28-21)26(31)30-27-16-20-10-6-7-11-23(20)34-17-18-8-4-3-5-9-18/h3-16H,17H2,1-2H3,(H,28,29)(H,30,31)/b27-16+. The van der Waals surface area contributed by atoms with Crippen LogP contribution in [-0.4, -0.2) is 36.5 Å². The van der Waals surface area contributed by atoms with Gasteiger partial charge in [0.05, 0.1) is 26.1 Å². The second-order valence-corrected chi connectivity index (χ2v) is 7.25. The number of hydrazone groups is 1. The molecule has 8 nitrogen and oxygen atoms in total. The molecule has 0 aliphatic carbocycles. The molecule has 1 amide bonds. The Morgan fingerprint density at radius 2 is 1.71 bits per heavy atom. The summed E-state index contributed by atoms with van der Waals surface area (Å²) in [5.41, 5.74) is 5.96. The number of carbonyl (C=O) groups excluding carboxylic acids is 1. The zero-order chi connectivity index (χ0) is 23.8. The second kappa shape index (κ2) is 10.8. The third-order valence-electron chi connectivity index (χ3n) is 5.03. The van der Waals surface area contributed by atoms with Crippen LogP contribution in [0.5, 0.6) is 17.2 Å². The van der Waals surface area contributed by atoms with E-state index in [2.05, 4.69) is 20.7 Å². The molecule has 0 saturated heterocycles. The maximum atomic E-state index is 12.5. The van der Waals surface area contributed by atoms with E-state index in [4.69, 9.17) is 14.2 Å². The maximum Gasteiger partial charge on any atom is 0.289 e. The van der Waals surface area contributed by atoms with Gasteiger partial charge in [-0.3, -0.25) is 9.89 Å². The first kappa shape index (κ1) is 22.6. The first-order valence-corrected chi connectivity index (χ1v) is 10.5. The zero-order valence-electron chi connectivity index (χ0n) is 18.8. The summed E-state index contributed by atoms with van der Waals surface area (Å²) in [6.45, 7) is 0.436. The lowest BCUT2D eigenvalue weighted by atomic mass is 10.1. The van der Waals surface area contributed by atoms with Crippen LogP contribution in [0, 0.1) is 0 Å². The van der Waals surface area contributed by atoms with Crippen molar-refractivity contribution in [3.8, 4) is 28.5 Å². The molecule has 1 aromatic heterocycles. The number of carbonyl (C=O) groups is 1. The molecule has 0 radical (unpaired) electrons. The fraction of sp³-hybridized carbons (Fsp3) is 0.115. The zero-order valence-corrected chi connectivity index (χ0v) is 18.8. The number of aromatic nitrogens is 2. The summed E-state index contributed by atoms with van der Waals surface area (Å²) in [7, 11) is 3.14. The van der Waals surface area contributed by atoms with Gasteiger partial charge in [-0.25, -0.2) is 5.43 Å². The third kappa shape index (κ3) is 5.42. The fourth-order valence-electron chi connectivity index (χ4n) is 3.26. The van der Waals surface area contributed by atoms with Gasteiger partial charge in [0, 0.05) is 11.1 Å². The van der Waals surface area contributed by atoms with Gasteiger partial charge in [0.25, 0.3) is 5.91 Å². The van der Waals surface area contributed by atoms with Gasteiger partial charge in [-0.1, -0.05) is 42.5 Å². The molecular formula is C26H24N4O4. The fourth-order valence-corrected chi connectivity index (χ4v) is 3.26. The van der Waals surface area contributed by atoms with Gasteiger partial charge in [-0.05, 0) is 42.0 Å². The van der Waals surface area contributed by atoms with Gasteiger partial charge in [-0.15, -0.1) is 0 Å². The van der Waals surface area contributed by atoms with Crippen LogP contribution in [0.4, 0.5) is 0 Å². The molecule has 0 aliphatic rings. The molecule has 0 bridgehead atoms. The minimum absolute atomic E-state index is 0.274. The van der Waals surface area contributed by atoms with E-state index in [-0.39, 0.29) is 5.69 Å². The Morgan fingerprint density at radius 3 is 2.50 bits per heavy atom. The van der Waals surface area contributed by atoms with Crippen LogP contribution in [0.15, 0.2) is 84.0 Å². The van der Waals surface area contributed by atoms with E-state index in [1.54, 1.807) is 38.6 Å².